The first kappa shape index (κ1) is 11.2. The summed E-state index contributed by atoms with van der Waals surface area (Å²) < 4.78 is 0. The molecule has 19 heavy (non-hydrogen) atoms. The Labute approximate surface area is 109 Å². The SMILES string of the molecule is Nc1cc(-c2cnccn2)cc(-c2cnccn2)n1. The highest BCUT2D eigenvalue weighted by Crippen LogP contribution is 2.23. The minimum absolute atomic E-state index is 0.406. The summed E-state index contributed by atoms with van der Waals surface area (Å²) in [5.41, 5.74) is 8.74. The third-order valence-electron chi connectivity index (χ3n) is 2.53. The van der Waals surface area contributed by atoms with Crippen molar-refractivity contribution in [3.63, 3.8) is 0 Å². The first-order chi connectivity index (χ1) is 9.33. The topological polar surface area (TPSA) is 90.5 Å². The summed E-state index contributed by atoms with van der Waals surface area (Å²) in [5, 5.41) is 0. The van der Waals surface area contributed by atoms with Crippen molar-refractivity contribution in [2.75, 3.05) is 5.73 Å². The van der Waals surface area contributed by atoms with Crippen LogP contribution in [-0.2, 0) is 0 Å². The number of anilines is 1. The highest BCUT2D eigenvalue weighted by Gasteiger charge is 2.07. The third kappa shape index (κ3) is 2.37. The number of nitrogen functional groups attached to an aromatic ring is 1. The predicted molar refractivity (Wildman–Crippen MR) is 70.7 cm³/mol. The number of pyridine rings is 1. The van der Waals surface area contributed by atoms with Crippen LogP contribution in [0.4, 0.5) is 5.82 Å². The molecule has 0 aromatic carbocycles. The largest absolute Gasteiger partial charge is 0.384 e. The fourth-order valence-electron chi connectivity index (χ4n) is 1.71. The molecular weight excluding hydrogens is 240 g/mol. The van der Waals surface area contributed by atoms with E-state index >= 15 is 0 Å². The van der Waals surface area contributed by atoms with E-state index in [0.29, 0.717) is 17.2 Å². The normalized spacial score (nSPS) is 10.3. The number of rotatable bonds is 2. The minimum Gasteiger partial charge on any atom is -0.384 e. The van der Waals surface area contributed by atoms with Crippen molar-refractivity contribution in [2.24, 2.45) is 0 Å². The molecule has 0 saturated carbocycles. The number of nitrogens with two attached hydrogens (primary N) is 1. The Hall–Kier alpha value is -2.89. The van der Waals surface area contributed by atoms with Crippen LogP contribution in [0.3, 0.4) is 0 Å². The fraction of sp³-hybridized carbons (Fsp3) is 0. The molecule has 0 aliphatic carbocycles. The highest BCUT2D eigenvalue weighted by atomic mass is 14.9. The number of nitrogens with zero attached hydrogens (tertiary/aromatic N) is 5. The van der Waals surface area contributed by atoms with Gasteiger partial charge in [0.1, 0.15) is 11.5 Å². The molecule has 0 fully saturated rings. The molecule has 0 aliphatic heterocycles. The zero-order valence-corrected chi connectivity index (χ0v) is 9.93. The summed E-state index contributed by atoms with van der Waals surface area (Å²) in [7, 11) is 0. The van der Waals surface area contributed by atoms with E-state index in [1.54, 1.807) is 43.2 Å². The summed E-state index contributed by atoms with van der Waals surface area (Å²) in [6, 6.07) is 3.62. The van der Waals surface area contributed by atoms with E-state index in [9.17, 15) is 0 Å². The van der Waals surface area contributed by atoms with Gasteiger partial charge < -0.3 is 5.73 Å². The van der Waals surface area contributed by atoms with Crippen molar-refractivity contribution in [3.8, 4) is 22.6 Å². The Kier molecular flexibility index (Phi) is 2.82. The van der Waals surface area contributed by atoms with Crippen LogP contribution in [0.2, 0.25) is 0 Å². The second kappa shape index (κ2) is 4.77. The summed E-state index contributed by atoms with van der Waals surface area (Å²) in [4.78, 5) is 20.8. The van der Waals surface area contributed by atoms with E-state index in [0.717, 1.165) is 11.3 Å². The van der Waals surface area contributed by atoms with E-state index in [-0.39, 0.29) is 0 Å². The van der Waals surface area contributed by atoms with Crippen molar-refractivity contribution < 1.29 is 0 Å². The molecule has 2 N–H and O–H groups in total. The van der Waals surface area contributed by atoms with Crippen LogP contribution in [0.15, 0.2) is 49.3 Å². The van der Waals surface area contributed by atoms with E-state index in [1.807, 2.05) is 6.07 Å². The Morgan fingerprint density at radius 2 is 1.42 bits per heavy atom. The van der Waals surface area contributed by atoms with Gasteiger partial charge in [-0.2, -0.15) is 0 Å². The Morgan fingerprint density at radius 1 is 0.737 bits per heavy atom. The van der Waals surface area contributed by atoms with Crippen LogP contribution in [-0.4, -0.2) is 24.9 Å². The number of hydrogen-bond donors (Lipinski definition) is 1. The first-order valence-electron chi connectivity index (χ1n) is 5.63. The van der Waals surface area contributed by atoms with Crippen molar-refractivity contribution in [1.82, 2.24) is 24.9 Å². The van der Waals surface area contributed by atoms with Crippen LogP contribution in [0.1, 0.15) is 0 Å². The summed E-state index contributed by atoms with van der Waals surface area (Å²) >= 11 is 0. The van der Waals surface area contributed by atoms with Crippen LogP contribution in [0.5, 0.6) is 0 Å². The number of aromatic nitrogens is 5. The van der Waals surface area contributed by atoms with Crippen LogP contribution < -0.4 is 5.73 Å². The molecule has 0 atom stereocenters. The van der Waals surface area contributed by atoms with Gasteiger partial charge in [-0.15, -0.1) is 0 Å². The molecule has 0 unspecified atom stereocenters. The average Bonchev–Trinajstić information content (AvgIpc) is 2.48. The monoisotopic (exact) mass is 250 g/mol. The molecule has 0 spiro atoms. The zero-order valence-electron chi connectivity index (χ0n) is 9.93. The standard InChI is InChI=1S/C13H10N6/c14-13-6-9(11-7-15-1-3-17-11)5-10(19-13)12-8-16-2-4-18-12/h1-8H,(H2,14,19). The molecule has 3 rings (SSSR count). The molecule has 3 aromatic heterocycles. The lowest BCUT2D eigenvalue weighted by Crippen LogP contribution is -1.96. The van der Waals surface area contributed by atoms with Crippen LogP contribution in [0, 0.1) is 0 Å². The van der Waals surface area contributed by atoms with E-state index in [1.165, 1.54) is 0 Å². The van der Waals surface area contributed by atoms with Crippen molar-refractivity contribution >= 4 is 5.82 Å². The van der Waals surface area contributed by atoms with Gasteiger partial charge in [-0.1, -0.05) is 0 Å². The first-order valence-corrected chi connectivity index (χ1v) is 5.63. The zero-order chi connectivity index (χ0) is 13.1. The van der Waals surface area contributed by atoms with E-state index in [2.05, 4.69) is 24.9 Å². The maximum Gasteiger partial charge on any atom is 0.124 e. The van der Waals surface area contributed by atoms with Crippen molar-refractivity contribution in [1.29, 1.82) is 0 Å². The second-order valence-corrected chi connectivity index (χ2v) is 3.85. The average molecular weight is 250 g/mol. The predicted octanol–water partition coefficient (Wildman–Crippen LogP) is 1.58. The smallest absolute Gasteiger partial charge is 0.124 e. The van der Waals surface area contributed by atoms with E-state index in [4.69, 9.17) is 5.73 Å². The maximum atomic E-state index is 5.83. The third-order valence-corrected chi connectivity index (χ3v) is 2.53. The van der Waals surface area contributed by atoms with Crippen LogP contribution in [0.25, 0.3) is 22.6 Å². The molecule has 0 saturated heterocycles. The van der Waals surface area contributed by atoms with Gasteiger partial charge >= 0.3 is 0 Å². The van der Waals surface area contributed by atoms with Gasteiger partial charge in [-0.05, 0) is 12.1 Å². The molecule has 0 aliphatic rings. The molecule has 0 bridgehead atoms. The molecule has 6 nitrogen and oxygen atoms in total. The molecule has 3 heterocycles. The lowest BCUT2D eigenvalue weighted by Gasteiger charge is -2.05. The molecule has 0 amide bonds. The van der Waals surface area contributed by atoms with Gasteiger partial charge in [0, 0.05) is 30.4 Å². The van der Waals surface area contributed by atoms with Crippen molar-refractivity contribution in [3.05, 3.63) is 49.3 Å². The quantitative estimate of drug-likeness (QED) is 0.742. The highest BCUT2D eigenvalue weighted by molar-refractivity contribution is 5.69. The molecule has 92 valence electrons. The Balaban J connectivity index is 2.12. The summed E-state index contributed by atoms with van der Waals surface area (Å²) in [6.07, 6.45) is 9.80. The molecule has 6 heteroatoms. The van der Waals surface area contributed by atoms with Crippen LogP contribution >= 0.6 is 0 Å². The van der Waals surface area contributed by atoms with Gasteiger partial charge in [0.25, 0.3) is 0 Å². The molecule has 0 radical (unpaired) electrons. The van der Waals surface area contributed by atoms with Gasteiger partial charge in [0.15, 0.2) is 0 Å². The Bertz CT molecular complexity index is 626. The van der Waals surface area contributed by atoms with Gasteiger partial charge in [-0.25, -0.2) is 4.98 Å². The van der Waals surface area contributed by atoms with Gasteiger partial charge in [0.2, 0.25) is 0 Å². The van der Waals surface area contributed by atoms with Gasteiger partial charge in [-0.3, -0.25) is 19.9 Å². The molecule has 3 aromatic rings. The lowest BCUT2D eigenvalue weighted by molar-refractivity contribution is 1.17. The molecular formula is C13H10N6. The summed E-state index contributed by atoms with van der Waals surface area (Å²) in [6.45, 7) is 0. The summed E-state index contributed by atoms with van der Waals surface area (Å²) in [5.74, 6) is 0.406. The second-order valence-electron chi connectivity index (χ2n) is 3.85. The lowest BCUT2D eigenvalue weighted by atomic mass is 10.1. The van der Waals surface area contributed by atoms with Gasteiger partial charge in [0.05, 0.1) is 23.8 Å². The Morgan fingerprint density at radius 3 is 2.05 bits per heavy atom. The van der Waals surface area contributed by atoms with E-state index < -0.39 is 0 Å². The fourth-order valence-corrected chi connectivity index (χ4v) is 1.71. The van der Waals surface area contributed by atoms with Crippen molar-refractivity contribution in [2.45, 2.75) is 0 Å². The number of hydrogen-bond acceptors (Lipinski definition) is 6. The maximum absolute atomic E-state index is 5.83. The minimum atomic E-state index is 0.406.